The maximum atomic E-state index is 5.94. The Kier molecular flexibility index (Phi) is 3.35. The molecule has 0 aliphatic heterocycles. The fourth-order valence-electron chi connectivity index (χ4n) is 2.90. The Morgan fingerprint density at radius 2 is 1.80 bits per heavy atom. The number of fused-ring (bicyclic) bond motifs is 3. The molecule has 5 heteroatoms. The van der Waals surface area contributed by atoms with Gasteiger partial charge in [0.25, 0.3) is 5.88 Å². The summed E-state index contributed by atoms with van der Waals surface area (Å²) in [5.74, 6) is 2.70. The van der Waals surface area contributed by atoms with E-state index < -0.39 is 0 Å². The van der Waals surface area contributed by atoms with E-state index in [0.29, 0.717) is 17.3 Å². The van der Waals surface area contributed by atoms with Crippen LogP contribution in [0.1, 0.15) is 32.3 Å². The molecule has 128 valence electrons. The Morgan fingerprint density at radius 3 is 2.48 bits per heavy atom. The quantitative estimate of drug-likeness (QED) is 0.500. The van der Waals surface area contributed by atoms with E-state index in [1.54, 1.807) is 7.11 Å². The minimum Gasteiger partial charge on any atom is -0.478 e. The Morgan fingerprint density at radius 1 is 1.04 bits per heavy atom. The van der Waals surface area contributed by atoms with Gasteiger partial charge in [-0.3, -0.25) is 0 Å². The second-order valence-electron chi connectivity index (χ2n) is 7.16. The number of benzene rings is 1. The number of aromatic nitrogens is 2. The molecule has 4 rings (SSSR count). The van der Waals surface area contributed by atoms with Gasteiger partial charge in [0.15, 0.2) is 5.82 Å². The van der Waals surface area contributed by atoms with Crippen LogP contribution in [0.4, 0.5) is 0 Å². The van der Waals surface area contributed by atoms with E-state index in [-0.39, 0.29) is 5.41 Å². The first-order chi connectivity index (χ1) is 11.9. The van der Waals surface area contributed by atoms with Gasteiger partial charge < -0.3 is 13.6 Å². The second-order valence-corrected chi connectivity index (χ2v) is 7.16. The molecular weight excluding hydrogens is 316 g/mol. The molecule has 3 aromatic heterocycles. The van der Waals surface area contributed by atoms with E-state index >= 15 is 0 Å². The summed E-state index contributed by atoms with van der Waals surface area (Å²) >= 11 is 0. The molecule has 0 saturated carbocycles. The lowest BCUT2D eigenvalue weighted by Gasteiger charge is -2.13. The molecule has 0 radical (unpaired) electrons. The Labute approximate surface area is 145 Å². The molecule has 0 aliphatic rings. The summed E-state index contributed by atoms with van der Waals surface area (Å²) in [4.78, 5) is 9.31. The fourth-order valence-corrected chi connectivity index (χ4v) is 2.90. The van der Waals surface area contributed by atoms with Gasteiger partial charge in [0.05, 0.1) is 12.7 Å². The smallest absolute Gasteiger partial charge is 0.261 e. The standard InChI is InChI=1S/C20H20N2O3/c1-11-13(10-15(24-11)20(2,3)4)18-21-16-12-8-6-7-9-14(12)25-17(16)19(22-18)23-5/h6-10H,1-5H3. The van der Waals surface area contributed by atoms with Crippen molar-refractivity contribution >= 4 is 22.1 Å². The average Bonchev–Trinajstić information content (AvgIpc) is 3.14. The Hall–Kier alpha value is -2.82. The van der Waals surface area contributed by atoms with Crippen LogP contribution in [0.3, 0.4) is 0 Å². The monoisotopic (exact) mass is 336 g/mol. The molecular formula is C20H20N2O3. The highest BCUT2D eigenvalue weighted by Gasteiger charge is 2.24. The predicted octanol–water partition coefficient (Wildman–Crippen LogP) is 5.25. The van der Waals surface area contributed by atoms with Crippen molar-refractivity contribution < 1.29 is 13.6 Å². The second kappa shape index (κ2) is 5.34. The van der Waals surface area contributed by atoms with Gasteiger partial charge in [-0.2, -0.15) is 4.98 Å². The number of aryl methyl sites for hydroxylation is 1. The number of furan rings is 2. The zero-order chi connectivity index (χ0) is 17.8. The molecule has 3 heterocycles. The van der Waals surface area contributed by atoms with Crippen LogP contribution in [-0.2, 0) is 5.41 Å². The summed E-state index contributed by atoms with van der Waals surface area (Å²) in [6.07, 6.45) is 0. The highest BCUT2D eigenvalue weighted by molar-refractivity contribution is 6.04. The van der Waals surface area contributed by atoms with E-state index in [4.69, 9.17) is 18.6 Å². The van der Waals surface area contributed by atoms with E-state index in [9.17, 15) is 0 Å². The van der Waals surface area contributed by atoms with Crippen LogP contribution in [0.5, 0.6) is 5.88 Å². The number of para-hydroxylation sites is 1. The molecule has 0 saturated heterocycles. The van der Waals surface area contributed by atoms with E-state index in [2.05, 4.69) is 25.8 Å². The zero-order valence-electron chi connectivity index (χ0n) is 15.0. The van der Waals surface area contributed by atoms with Gasteiger partial charge >= 0.3 is 0 Å². The topological polar surface area (TPSA) is 61.3 Å². The average molecular weight is 336 g/mol. The van der Waals surface area contributed by atoms with E-state index in [1.807, 2.05) is 37.3 Å². The van der Waals surface area contributed by atoms with Gasteiger partial charge in [-0.1, -0.05) is 32.9 Å². The SMILES string of the molecule is COc1nc(-c2cc(C(C)(C)C)oc2C)nc2c1oc1ccccc12. The maximum Gasteiger partial charge on any atom is 0.261 e. The van der Waals surface area contributed by atoms with Gasteiger partial charge in [0, 0.05) is 10.8 Å². The molecule has 0 unspecified atom stereocenters. The number of methoxy groups -OCH3 is 1. The first-order valence-electron chi connectivity index (χ1n) is 8.23. The highest BCUT2D eigenvalue weighted by atomic mass is 16.5. The van der Waals surface area contributed by atoms with Crippen molar-refractivity contribution in [2.24, 2.45) is 0 Å². The summed E-state index contributed by atoms with van der Waals surface area (Å²) in [6.45, 7) is 8.27. The van der Waals surface area contributed by atoms with E-state index in [1.165, 1.54) is 0 Å². The lowest BCUT2D eigenvalue weighted by Crippen LogP contribution is -2.09. The molecule has 0 fully saturated rings. The third kappa shape index (κ3) is 2.47. The maximum absolute atomic E-state index is 5.94. The minimum absolute atomic E-state index is 0.0838. The van der Waals surface area contributed by atoms with Crippen LogP contribution in [-0.4, -0.2) is 17.1 Å². The van der Waals surface area contributed by atoms with Crippen LogP contribution in [0, 0.1) is 6.92 Å². The molecule has 0 N–H and O–H groups in total. The number of hydrogen-bond donors (Lipinski definition) is 0. The Bertz CT molecular complexity index is 1080. The molecule has 0 bridgehead atoms. The van der Waals surface area contributed by atoms with Gasteiger partial charge in [-0.25, -0.2) is 4.98 Å². The Balaban J connectivity index is 2.00. The summed E-state index contributed by atoms with van der Waals surface area (Å²) in [5, 5.41) is 0.941. The van der Waals surface area contributed by atoms with Crippen molar-refractivity contribution in [2.75, 3.05) is 7.11 Å². The van der Waals surface area contributed by atoms with Crippen molar-refractivity contribution in [1.82, 2.24) is 9.97 Å². The van der Waals surface area contributed by atoms with Gasteiger partial charge in [0.1, 0.15) is 22.6 Å². The largest absolute Gasteiger partial charge is 0.478 e. The molecule has 0 atom stereocenters. The fraction of sp³-hybridized carbons (Fsp3) is 0.300. The molecule has 0 amide bonds. The van der Waals surface area contributed by atoms with Crippen LogP contribution >= 0.6 is 0 Å². The molecule has 1 aromatic carbocycles. The highest BCUT2D eigenvalue weighted by Crippen LogP contribution is 2.36. The van der Waals surface area contributed by atoms with Gasteiger partial charge in [0.2, 0.25) is 5.58 Å². The summed E-state index contributed by atoms with van der Waals surface area (Å²) < 4.78 is 17.3. The lowest BCUT2D eigenvalue weighted by molar-refractivity contribution is 0.394. The van der Waals surface area contributed by atoms with Crippen LogP contribution in [0.25, 0.3) is 33.5 Å². The number of hydrogen-bond acceptors (Lipinski definition) is 5. The normalized spacial score (nSPS) is 12.2. The molecule has 25 heavy (non-hydrogen) atoms. The summed E-state index contributed by atoms with van der Waals surface area (Å²) in [5.41, 5.74) is 2.86. The minimum atomic E-state index is -0.0838. The summed E-state index contributed by atoms with van der Waals surface area (Å²) in [6, 6.07) is 9.81. The van der Waals surface area contributed by atoms with Crippen molar-refractivity contribution in [3.05, 3.63) is 41.9 Å². The first kappa shape index (κ1) is 15.7. The predicted molar refractivity (Wildman–Crippen MR) is 97.0 cm³/mol. The van der Waals surface area contributed by atoms with Crippen molar-refractivity contribution in [3.8, 4) is 17.3 Å². The number of rotatable bonds is 2. The number of nitrogens with zero attached hydrogens (tertiary/aromatic N) is 2. The first-order valence-corrected chi connectivity index (χ1v) is 8.23. The zero-order valence-corrected chi connectivity index (χ0v) is 15.0. The van der Waals surface area contributed by atoms with E-state index in [0.717, 1.165) is 33.6 Å². The van der Waals surface area contributed by atoms with Gasteiger partial charge in [-0.15, -0.1) is 0 Å². The van der Waals surface area contributed by atoms with Crippen LogP contribution in [0.2, 0.25) is 0 Å². The van der Waals surface area contributed by atoms with Crippen molar-refractivity contribution in [1.29, 1.82) is 0 Å². The van der Waals surface area contributed by atoms with Crippen LogP contribution in [0.15, 0.2) is 39.2 Å². The number of ether oxygens (including phenoxy) is 1. The lowest BCUT2D eigenvalue weighted by atomic mass is 9.93. The molecule has 4 aromatic rings. The molecule has 0 spiro atoms. The van der Waals surface area contributed by atoms with Crippen molar-refractivity contribution in [3.63, 3.8) is 0 Å². The summed E-state index contributed by atoms with van der Waals surface area (Å²) in [7, 11) is 1.58. The van der Waals surface area contributed by atoms with Gasteiger partial charge in [-0.05, 0) is 25.1 Å². The van der Waals surface area contributed by atoms with Crippen molar-refractivity contribution in [2.45, 2.75) is 33.1 Å². The molecule has 5 nitrogen and oxygen atoms in total. The van der Waals surface area contributed by atoms with Crippen LogP contribution < -0.4 is 4.74 Å². The third-order valence-corrected chi connectivity index (χ3v) is 4.28. The molecule has 0 aliphatic carbocycles. The third-order valence-electron chi connectivity index (χ3n) is 4.28.